The molecule has 0 bridgehead atoms. The third-order valence-electron chi connectivity index (χ3n) is 6.57. The molecule has 1 aliphatic rings. The Morgan fingerprint density at radius 2 is 1.44 bits per heavy atom. The SMILES string of the molecule is CNC(=O)CCCCCNC(=O)[C@@H](N)CCCCNC(=O)CCCCC(=O)NCCO[C@@H]1O[C@@H](C)CC[C@@H]1O. The standard InChI is InChI=1S/C27H51N5O7/c1-20-14-15-22(33)27(39-20)38-19-18-31-25(36)13-6-5-12-24(35)30-16-9-7-10-21(28)26(37)32-17-8-3-4-11-23(34)29-2/h20-22,27,33H,3-19,28H2,1-2H3,(H,29,34)(H,30,35)(H,31,36)(H,32,37)/t20-,21-,22-,27+/m0/s1. The average molecular weight is 558 g/mol. The van der Waals surface area contributed by atoms with Gasteiger partial charge in [0, 0.05) is 45.9 Å². The number of hydrogen-bond donors (Lipinski definition) is 6. The molecule has 0 aromatic carbocycles. The fraction of sp³-hybridized carbons (Fsp3) is 0.852. The summed E-state index contributed by atoms with van der Waals surface area (Å²) in [6, 6.07) is -0.569. The monoisotopic (exact) mass is 557 g/mol. The molecule has 0 unspecified atom stereocenters. The number of aliphatic hydroxyl groups excluding tert-OH is 1. The summed E-state index contributed by atoms with van der Waals surface area (Å²) < 4.78 is 11.1. The van der Waals surface area contributed by atoms with Crippen LogP contribution >= 0.6 is 0 Å². The van der Waals surface area contributed by atoms with E-state index in [1.165, 1.54) is 0 Å². The van der Waals surface area contributed by atoms with Crippen LogP contribution in [0.15, 0.2) is 0 Å². The molecular weight excluding hydrogens is 506 g/mol. The number of carbonyl (C=O) groups excluding carboxylic acids is 4. The lowest BCUT2D eigenvalue weighted by atomic mass is 10.1. The van der Waals surface area contributed by atoms with Crippen LogP contribution in [-0.2, 0) is 28.7 Å². The molecule has 1 aliphatic heterocycles. The number of rotatable bonds is 21. The predicted molar refractivity (Wildman–Crippen MR) is 147 cm³/mol. The highest BCUT2D eigenvalue weighted by molar-refractivity contribution is 5.81. The van der Waals surface area contributed by atoms with Crippen LogP contribution in [0.3, 0.4) is 0 Å². The van der Waals surface area contributed by atoms with E-state index in [0.29, 0.717) is 64.6 Å². The molecule has 1 rings (SSSR count). The minimum absolute atomic E-state index is 0.0264. The molecule has 1 heterocycles. The number of carbonyl (C=O) groups is 4. The molecule has 0 aromatic rings. The van der Waals surface area contributed by atoms with Gasteiger partial charge in [-0.05, 0) is 64.7 Å². The molecule has 7 N–H and O–H groups in total. The summed E-state index contributed by atoms with van der Waals surface area (Å²) in [5, 5.41) is 20.9. The van der Waals surface area contributed by atoms with Gasteiger partial charge < -0.3 is 41.6 Å². The molecule has 12 heteroatoms. The first kappa shape index (κ1) is 34.7. The van der Waals surface area contributed by atoms with Crippen LogP contribution in [-0.4, -0.2) is 86.6 Å². The highest BCUT2D eigenvalue weighted by Crippen LogP contribution is 2.19. The number of nitrogens with one attached hydrogen (secondary N) is 4. The zero-order valence-corrected chi connectivity index (χ0v) is 23.8. The topological polar surface area (TPSA) is 181 Å². The molecule has 0 aromatic heterocycles. The molecule has 39 heavy (non-hydrogen) atoms. The lowest BCUT2D eigenvalue weighted by Gasteiger charge is -2.31. The Balaban J connectivity index is 1.93. The molecule has 1 fully saturated rings. The van der Waals surface area contributed by atoms with E-state index in [2.05, 4.69) is 21.3 Å². The van der Waals surface area contributed by atoms with Crippen molar-refractivity contribution < 1.29 is 33.8 Å². The fourth-order valence-electron chi connectivity index (χ4n) is 4.10. The summed E-state index contributed by atoms with van der Waals surface area (Å²) in [6.07, 6.45) is 7.12. The second-order valence-electron chi connectivity index (χ2n) is 10.1. The zero-order chi connectivity index (χ0) is 28.9. The van der Waals surface area contributed by atoms with Gasteiger partial charge in [-0.15, -0.1) is 0 Å². The van der Waals surface area contributed by atoms with Crippen molar-refractivity contribution in [3.63, 3.8) is 0 Å². The van der Waals surface area contributed by atoms with Crippen LogP contribution in [0.2, 0.25) is 0 Å². The number of amides is 4. The van der Waals surface area contributed by atoms with Gasteiger partial charge in [-0.3, -0.25) is 19.2 Å². The molecule has 4 amide bonds. The van der Waals surface area contributed by atoms with Gasteiger partial charge in [0.05, 0.1) is 18.8 Å². The number of aliphatic hydroxyl groups is 1. The van der Waals surface area contributed by atoms with Crippen molar-refractivity contribution in [2.24, 2.45) is 5.73 Å². The van der Waals surface area contributed by atoms with Crippen LogP contribution in [0.1, 0.15) is 90.4 Å². The van der Waals surface area contributed by atoms with Crippen molar-refractivity contribution in [3.05, 3.63) is 0 Å². The van der Waals surface area contributed by atoms with Crippen LogP contribution in [0, 0.1) is 0 Å². The minimum atomic E-state index is -0.644. The van der Waals surface area contributed by atoms with Crippen molar-refractivity contribution in [2.45, 2.75) is 115 Å². The summed E-state index contributed by atoms with van der Waals surface area (Å²) in [5.41, 5.74) is 5.94. The molecule has 0 radical (unpaired) electrons. The maximum Gasteiger partial charge on any atom is 0.236 e. The third kappa shape index (κ3) is 17.8. The fourth-order valence-corrected chi connectivity index (χ4v) is 4.10. The van der Waals surface area contributed by atoms with Gasteiger partial charge in [-0.2, -0.15) is 0 Å². The normalized spacial score (nSPS) is 19.6. The molecule has 0 saturated carbocycles. The van der Waals surface area contributed by atoms with Crippen LogP contribution in [0.25, 0.3) is 0 Å². The van der Waals surface area contributed by atoms with Gasteiger partial charge in [-0.1, -0.05) is 6.42 Å². The summed E-state index contributed by atoms with van der Waals surface area (Å²) in [4.78, 5) is 47.1. The van der Waals surface area contributed by atoms with E-state index in [1.54, 1.807) is 7.05 Å². The predicted octanol–water partition coefficient (Wildman–Crippen LogP) is 0.602. The summed E-state index contributed by atoms with van der Waals surface area (Å²) in [7, 11) is 1.62. The number of ether oxygens (including phenoxy) is 2. The Labute approximate surface area is 232 Å². The van der Waals surface area contributed by atoms with Gasteiger partial charge >= 0.3 is 0 Å². The first-order valence-corrected chi connectivity index (χ1v) is 14.4. The van der Waals surface area contributed by atoms with Crippen LogP contribution in [0.4, 0.5) is 0 Å². The Kier molecular flexibility index (Phi) is 19.2. The van der Waals surface area contributed by atoms with E-state index in [4.69, 9.17) is 15.2 Å². The Morgan fingerprint density at radius 3 is 2.13 bits per heavy atom. The number of unbranched alkanes of at least 4 members (excludes halogenated alkanes) is 4. The molecule has 0 aliphatic carbocycles. The second-order valence-corrected chi connectivity index (χ2v) is 10.1. The largest absolute Gasteiger partial charge is 0.388 e. The Morgan fingerprint density at radius 1 is 0.846 bits per heavy atom. The van der Waals surface area contributed by atoms with Crippen molar-refractivity contribution >= 4 is 23.6 Å². The van der Waals surface area contributed by atoms with E-state index < -0.39 is 18.4 Å². The minimum Gasteiger partial charge on any atom is -0.388 e. The average Bonchev–Trinajstić information content (AvgIpc) is 2.92. The van der Waals surface area contributed by atoms with Crippen LogP contribution < -0.4 is 27.0 Å². The third-order valence-corrected chi connectivity index (χ3v) is 6.57. The van der Waals surface area contributed by atoms with Crippen molar-refractivity contribution in [2.75, 3.05) is 33.3 Å². The number of nitrogens with two attached hydrogens (primary N) is 1. The second kappa shape index (κ2) is 21.5. The van der Waals surface area contributed by atoms with E-state index in [-0.39, 0.29) is 36.3 Å². The van der Waals surface area contributed by atoms with Gasteiger partial charge in [0.15, 0.2) is 6.29 Å². The van der Waals surface area contributed by atoms with E-state index in [1.807, 2.05) is 6.92 Å². The molecule has 12 nitrogen and oxygen atoms in total. The molecule has 4 atom stereocenters. The smallest absolute Gasteiger partial charge is 0.236 e. The van der Waals surface area contributed by atoms with Crippen molar-refractivity contribution in [1.29, 1.82) is 0 Å². The molecule has 0 spiro atoms. The van der Waals surface area contributed by atoms with E-state index >= 15 is 0 Å². The van der Waals surface area contributed by atoms with Gasteiger partial charge in [0.25, 0.3) is 0 Å². The van der Waals surface area contributed by atoms with Crippen molar-refractivity contribution in [3.8, 4) is 0 Å². The highest BCUT2D eigenvalue weighted by Gasteiger charge is 2.28. The first-order chi connectivity index (χ1) is 18.7. The zero-order valence-electron chi connectivity index (χ0n) is 23.8. The molecule has 1 saturated heterocycles. The maximum atomic E-state index is 12.0. The number of hydrogen-bond acceptors (Lipinski definition) is 8. The van der Waals surface area contributed by atoms with Gasteiger partial charge in [-0.25, -0.2) is 0 Å². The lowest BCUT2D eigenvalue weighted by Crippen LogP contribution is -2.41. The van der Waals surface area contributed by atoms with Crippen LogP contribution in [0.5, 0.6) is 0 Å². The van der Waals surface area contributed by atoms with E-state index in [0.717, 1.165) is 38.5 Å². The summed E-state index contributed by atoms with van der Waals surface area (Å²) >= 11 is 0. The lowest BCUT2D eigenvalue weighted by molar-refractivity contribution is -0.235. The molecular formula is C27H51N5O7. The highest BCUT2D eigenvalue weighted by atomic mass is 16.7. The van der Waals surface area contributed by atoms with Crippen molar-refractivity contribution in [1.82, 2.24) is 21.3 Å². The first-order valence-electron chi connectivity index (χ1n) is 14.4. The maximum absolute atomic E-state index is 12.0. The Hall–Kier alpha value is -2.28. The van der Waals surface area contributed by atoms with Gasteiger partial charge in [0.1, 0.15) is 6.10 Å². The van der Waals surface area contributed by atoms with Gasteiger partial charge in [0.2, 0.25) is 23.6 Å². The summed E-state index contributed by atoms with van der Waals surface area (Å²) in [5.74, 6) is -0.298. The quantitative estimate of drug-likeness (QED) is 0.111. The van der Waals surface area contributed by atoms with E-state index in [9.17, 15) is 24.3 Å². The Bertz CT molecular complexity index is 725. The molecule has 226 valence electrons. The summed E-state index contributed by atoms with van der Waals surface area (Å²) in [6.45, 7) is 3.61.